The normalized spacial score (nSPS) is 17.9. The fourth-order valence-corrected chi connectivity index (χ4v) is 5.96. The maximum absolute atomic E-state index is 13.9. The van der Waals surface area contributed by atoms with Crippen molar-refractivity contribution in [2.75, 3.05) is 0 Å². The number of rotatable bonds is 15. The highest BCUT2D eigenvalue weighted by Crippen LogP contribution is 2.49. The molecule has 2 bridgehead atoms. The maximum atomic E-state index is 13.9. The summed E-state index contributed by atoms with van der Waals surface area (Å²) < 4.78 is 30.6. The molecule has 0 aliphatic heterocycles. The number of benzene rings is 2. The van der Waals surface area contributed by atoms with E-state index >= 15 is 0 Å². The summed E-state index contributed by atoms with van der Waals surface area (Å²) in [5, 5.41) is 0. The molecule has 3 nitrogen and oxygen atoms in total. The summed E-state index contributed by atoms with van der Waals surface area (Å²) in [7, 11) is -2.21. The van der Waals surface area contributed by atoms with Crippen molar-refractivity contribution in [2.24, 2.45) is 5.92 Å². The molecule has 0 heterocycles. The predicted molar refractivity (Wildman–Crippen MR) is 145 cm³/mol. The van der Waals surface area contributed by atoms with Crippen LogP contribution in [-0.2, 0) is 30.4 Å². The Morgan fingerprint density at radius 3 is 2.20 bits per heavy atom. The van der Waals surface area contributed by atoms with Crippen molar-refractivity contribution in [3.63, 3.8) is 0 Å². The van der Waals surface area contributed by atoms with Gasteiger partial charge in [0.25, 0.3) is 0 Å². The van der Waals surface area contributed by atoms with E-state index in [4.69, 9.17) is 9.05 Å². The first-order valence-corrected chi connectivity index (χ1v) is 14.9. The van der Waals surface area contributed by atoms with Crippen molar-refractivity contribution in [3.8, 4) is 11.5 Å². The van der Waals surface area contributed by atoms with E-state index in [1.165, 1.54) is 16.7 Å². The highest BCUT2D eigenvalue weighted by Gasteiger charge is 2.31. The molecule has 3 atom stereocenters. The van der Waals surface area contributed by atoms with Crippen LogP contribution in [0.2, 0.25) is 0 Å². The van der Waals surface area contributed by atoms with Crippen LogP contribution < -0.4 is 9.05 Å². The van der Waals surface area contributed by atoms with Crippen LogP contribution in [-0.4, -0.2) is 0 Å². The quantitative estimate of drug-likeness (QED) is 0.227. The lowest BCUT2D eigenvalue weighted by Crippen LogP contribution is -2.19. The molecule has 0 amide bonds. The molecule has 5 heteroatoms. The van der Waals surface area contributed by atoms with Crippen LogP contribution in [0, 0.1) is 5.92 Å². The van der Waals surface area contributed by atoms with Gasteiger partial charge in [-0.2, -0.15) is 0 Å². The Labute approximate surface area is 213 Å². The fourth-order valence-electron chi connectivity index (χ4n) is 5.16. The van der Waals surface area contributed by atoms with Crippen LogP contribution in [0.3, 0.4) is 0 Å². The first-order chi connectivity index (χ1) is 17.0. The second-order valence-corrected chi connectivity index (χ2v) is 11.0. The van der Waals surface area contributed by atoms with Gasteiger partial charge < -0.3 is 9.05 Å². The molecule has 3 unspecified atom stereocenters. The summed E-state index contributed by atoms with van der Waals surface area (Å²) in [5.74, 6) is 2.37. The van der Waals surface area contributed by atoms with Gasteiger partial charge in [0.15, 0.2) is 0 Å². The van der Waals surface area contributed by atoms with Gasteiger partial charge in [-0.05, 0) is 95.2 Å². The Balaban J connectivity index is 1.88. The highest BCUT2D eigenvalue weighted by molar-refractivity contribution is 7.42. The van der Waals surface area contributed by atoms with Crippen molar-refractivity contribution in [2.45, 2.75) is 111 Å². The molecular weight excluding hydrogens is 458 g/mol. The first kappa shape index (κ1) is 27.9. The molecule has 2 aromatic rings. The van der Waals surface area contributed by atoms with Gasteiger partial charge >= 0.3 is 8.60 Å². The number of hydrogen-bond donors (Lipinski definition) is 0. The zero-order valence-corrected chi connectivity index (χ0v) is 23.3. The summed E-state index contributed by atoms with van der Waals surface area (Å²) >= 11 is 0. The van der Waals surface area contributed by atoms with Gasteiger partial charge in [-0.1, -0.05) is 89.3 Å². The molecule has 0 fully saturated rings. The molecule has 0 spiro atoms. The molecule has 0 aromatic heterocycles. The lowest BCUT2D eigenvalue weighted by molar-refractivity contribution is -0.0159. The topological polar surface area (TPSA) is 27.7 Å². The smallest absolute Gasteiger partial charge is 0.416 e. The average molecular weight is 503 g/mol. The Bertz CT molecular complexity index is 932. The minimum atomic E-state index is -2.21. The van der Waals surface area contributed by atoms with E-state index in [2.05, 4.69) is 63.6 Å². The Kier molecular flexibility index (Phi) is 11.3. The molecule has 35 heavy (non-hydrogen) atoms. The standard InChI is InChI=1S/C30H44FO3P/c1-6-10-13-23-16-17-29(26(18-23)14-11-7-2)32-35(34-31)33-30-27(15-12-8-3)20-24-19-25(9-4)22(5)28(30)21-24/h16-18,20-22,25H,6-15,19H2,1-5H3. The number of unbranched alkanes of at least 4 members (excludes halogenated alkanes) is 3. The number of fused-ring (bicyclic) bond motifs is 2. The third-order valence-electron chi connectivity index (χ3n) is 7.41. The van der Waals surface area contributed by atoms with Crippen molar-refractivity contribution in [1.82, 2.24) is 0 Å². The molecule has 0 N–H and O–H groups in total. The SMILES string of the molecule is CCCCc1ccc(OP(OF)Oc2c(CCCC)cc3cc2C(C)C(CC)C3)c(CCCC)c1. The minimum absolute atomic E-state index is 0.360. The molecule has 0 radical (unpaired) electrons. The zero-order valence-electron chi connectivity index (χ0n) is 22.4. The van der Waals surface area contributed by atoms with E-state index in [1.54, 1.807) is 0 Å². The Hall–Kier alpha value is -1.64. The second kappa shape index (κ2) is 14.2. The summed E-state index contributed by atoms with van der Waals surface area (Å²) in [6.07, 6.45) is 11.7. The van der Waals surface area contributed by atoms with Gasteiger partial charge in [0.05, 0.1) is 0 Å². The van der Waals surface area contributed by atoms with Gasteiger partial charge in [-0.25, -0.2) is 0 Å². The molecule has 1 aliphatic rings. The van der Waals surface area contributed by atoms with E-state index in [9.17, 15) is 4.53 Å². The summed E-state index contributed by atoms with van der Waals surface area (Å²) in [6, 6.07) is 10.8. The van der Waals surface area contributed by atoms with Gasteiger partial charge in [0, 0.05) is 0 Å². The molecule has 194 valence electrons. The van der Waals surface area contributed by atoms with Crippen molar-refractivity contribution < 1.29 is 18.3 Å². The third kappa shape index (κ3) is 7.43. The molecule has 0 saturated carbocycles. The molecular formula is C30H44FO3P. The number of hydrogen-bond acceptors (Lipinski definition) is 3. The van der Waals surface area contributed by atoms with Crippen LogP contribution in [0.1, 0.15) is 113 Å². The first-order valence-electron chi connectivity index (χ1n) is 13.8. The van der Waals surface area contributed by atoms with Crippen LogP contribution in [0.4, 0.5) is 4.53 Å². The molecule has 1 aliphatic carbocycles. The minimum Gasteiger partial charge on any atom is -0.416 e. The van der Waals surface area contributed by atoms with Crippen LogP contribution >= 0.6 is 8.60 Å². The van der Waals surface area contributed by atoms with E-state index in [-0.39, 0.29) is 0 Å². The van der Waals surface area contributed by atoms with Crippen molar-refractivity contribution in [1.29, 1.82) is 0 Å². The Morgan fingerprint density at radius 2 is 1.54 bits per heavy atom. The lowest BCUT2D eigenvalue weighted by Gasteiger charge is -2.32. The van der Waals surface area contributed by atoms with E-state index in [0.717, 1.165) is 87.5 Å². The van der Waals surface area contributed by atoms with Gasteiger partial charge in [0.1, 0.15) is 11.5 Å². The summed E-state index contributed by atoms with van der Waals surface area (Å²) in [6.45, 7) is 11.1. The van der Waals surface area contributed by atoms with Crippen molar-refractivity contribution >= 4 is 8.60 Å². The van der Waals surface area contributed by atoms with Gasteiger partial charge in [-0.3, -0.25) is 0 Å². The van der Waals surface area contributed by atoms with Crippen LogP contribution in [0.25, 0.3) is 0 Å². The average Bonchev–Trinajstić information content (AvgIpc) is 2.88. The molecule has 2 aromatic carbocycles. The van der Waals surface area contributed by atoms with E-state index in [0.29, 0.717) is 17.6 Å². The lowest BCUT2D eigenvalue weighted by atomic mass is 9.75. The van der Waals surface area contributed by atoms with Crippen LogP contribution in [0.5, 0.6) is 11.5 Å². The van der Waals surface area contributed by atoms with Gasteiger partial charge in [0.2, 0.25) is 0 Å². The number of halogens is 1. The maximum Gasteiger partial charge on any atom is 0.497 e. The monoisotopic (exact) mass is 502 g/mol. The fraction of sp³-hybridized carbons (Fsp3) is 0.600. The largest absolute Gasteiger partial charge is 0.497 e. The van der Waals surface area contributed by atoms with Crippen LogP contribution in [0.15, 0.2) is 30.3 Å². The van der Waals surface area contributed by atoms with Crippen molar-refractivity contribution in [3.05, 3.63) is 58.1 Å². The predicted octanol–water partition coefficient (Wildman–Crippen LogP) is 9.99. The molecule has 0 saturated heterocycles. The zero-order chi connectivity index (χ0) is 25.2. The van der Waals surface area contributed by atoms with E-state index in [1.807, 2.05) is 6.07 Å². The second-order valence-electron chi connectivity index (χ2n) is 10.1. The molecule has 3 rings (SSSR count). The van der Waals surface area contributed by atoms with Gasteiger partial charge in [-0.15, -0.1) is 0 Å². The summed E-state index contributed by atoms with van der Waals surface area (Å²) in [5.41, 5.74) is 6.09. The third-order valence-corrected chi connectivity index (χ3v) is 8.20. The summed E-state index contributed by atoms with van der Waals surface area (Å²) in [4.78, 5) is 0. The Morgan fingerprint density at radius 1 is 0.857 bits per heavy atom. The highest BCUT2D eigenvalue weighted by atomic mass is 31.2. The van der Waals surface area contributed by atoms with E-state index < -0.39 is 8.60 Å². The number of aryl methyl sites for hydroxylation is 3.